The fourth-order valence-electron chi connectivity index (χ4n) is 7.97. The van der Waals surface area contributed by atoms with E-state index in [2.05, 4.69) is 44.2 Å². The summed E-state index contributed by atoms with van der Waals surface area (Å²) >= 11 is 0. The average molecular weight is 535 g/mol. The fraction of sp³-hybridized carbons (Fsp3) is 0.297. The van der Waals surface area contributed by atoms with Crippen LogP contribution in [0.4, 0.5) is 0 Å². The summed E-state index contributed by atoms with van der Waals surface area (Å²) in [4.78, 5) is 14.9. The minimum absolute atomic E-state index is 0.291. The zero-order valence-electron chi connectivity index (χ0n) is 23.7. The molecule has 2 aliphatic rings. The molecular formula is C37H34N4. The monoisotopic (exact) mass is 534 g/mol. The number of fused-ring (bicyclic) bond motifs is 3. The van der Waals surface area contributed by atoms with Crippen molar-refractivity contribution in [1.29, 1.82) is 5.26 Å². The molecule has 202 valence electrons. The first-order chi connectivity index (χ1) is 20.0. The van der Waals surface area contributed by atoms with Gasteiger partial charge in [-0.05, 0) is 72.3 Å². The van der Waals surface area contributed by atoms with Gasteiger partial charge in [0.1, 0.15) is 0 Å². The van der Waals surface area contributed by atoms with Gasteiger partial charge in [0.15, 0.2) is 17.5 Å². The van der Waals surface area contributed by atoms with Crippen LogP contribution in [0.1, 0.15) is 57.1 Å². The van der Waals surface area contributed by atoms with E-state index in [0.717, 1.165) is 45.2 Å². The van der Waals surface area contributed by atoms with Crippen LogP contribution in [-0.2, 0) is 5.41 Å². The minimum atomic E-state index is 0.291. The van der Waals surface area contributed by atoms with Gasteiger partial charge in [0, 0.05) is 22.1 Å². The summed E-state index contributed by atoms with van der Waals surface area (Å²) in [6.07, 6.45) is 6.65. The minimum Gasteiger partial charge on any atom is -0.208 e. The van der Waals surface area contributed by atoms with Gasteiger partial charge in [-0.15, -0.1) is 0 Å². The largest absolute Gasteiger partial charge is 0.208 e. The van der Waals surface area contributed by atoms with Crippen LogP contribution in [0, 0.1) is 29.1 Å². The lowest BCUT2D eigenvalue weighted by molar-refractivity contribution is 0.0780. The maximum atomic E-state index is 9.69. The lowest BCUT2D eigenvalue weighted by Gasteiger charge is -2.50. The van der Waals surface area contributed by atoms with Crippen molar-refractivity contribution >= 4 is 10.8 Å². The molecule has 2 bridgehead atoms. The molecule has 4 heteroatoms. The zero-order valence-corrected chi connectivity index (χ0v) is 23.7. The van der Waals surface area contributed by atoms with Crippen LogP contribution in [0.3, 0.4) is 0 Å². The molecule has 7 rings (SSSR count). The van der Waals surface area contributed by atoms with Crippen LogP contribution in [0.15, 0.2) is 91.0 Å². The van der Waals surface area contributed by atoms with Crippen LogP contribution in [0.5, 0.6) is 0 Å². The molecule has 0 amide bonds. The SMILES string of the molecule is C[C@@H]1C[C@@H]2C[C@H](C)CC(c3ccc(-c4nc(-c5ccccc5)nc(-c5cccc6c(C#N)cccc56)n4)cc3)(C1)C2. The van der Waals surface area contributed by atoms with Gasteiger partial charge < -0.3 is 0 Å². The highest BCUT2D eigenvalue weighted by Crippen LogP contribution is 2.54. The Bertz CT molecular complexity index is 1750. The Balaban J connectivity index is 1.34. The average Bonchev–Trinajstić information content (AvgIpc) is 3.00. The van der Waals surface area contributed by atoms with Gasteiger partial charge in [0.2, 0.25) is 0 Å². The number of nitrogens with zero attached hydrogens (tertiary/aromatic N) is 4. The molecule has 4 atom stereocenters. The van der Waals surface area contributed by atoms with Crippen LogP contribution >= 0.6 is 0 Å². The lowest BCUT2D eigenvalue weighted by Crippen LogP contribution is -2.42. The second-order valence-electron chi connectivity index (χ2n) is 12.5. The highest BCUT2D eigenvalue weighted by Gasteiger charge is 2.45. The number of aromatic nitrogens is 3. The third kappa shape index (κ3) is 4.70. The Hall–Kier alpha value is -4.36. The molecule has 0 N–H and O–H groups in total. The van der Waals surface area contributed by atoms with E-state index in [-0.39, 0.29) is 0 Å². The molecule has 1 unspecified atom stereocenters. The van der Waals surface area contributed by atoms with E-state index in [9.17, 15) is 5.26 Å². The van der Waals surface area contributed by atoms with Crippen molar-refractivity contribution in [1.82, 2.24) is 15.0 Å². The predicted octanol–water partition coefficient (Wildman–Crippen LogP) is 9.00. The van der Waals surface area contributed by atoms with Gasteiger partial charge >= 0.3 is 0 Å². The smallest absolute Gasteiger partial charge is 0.164 e. The van der Waals surface area contributed by atoms with Gasteiger partial charge in [-0.25, -0.2) is 15.0 Å². The van der Waals surface area contributed by atoms with Gasteiger partial charge in [-0.3, -0.25) is 0 Å². The second-order valence-corrected chi connectivity index (χ2v) is 12.5. The number of hydrogen-bond donors (Lipinski definition) is 0. The summed E-state index contributed by atoms with van der Waals surface area (Å²) in [7, 11) is 0. The first-order valence-electron chi connectivity index (χ1n) is 14.9. The van der Waals surface area contributed by atoms with Crippen molar-refractivity contribution in [3.8, 4) is 40.2 Å². The highest BCUT2D eigenvalue weighted by atomic mass is 15.0. The van der Waals surface area contributed by atoms with Crippen molar-refractivity contribution in [2.75, 3.05) is 0 Å². The quantitative estimate of drug-likeness (QED) is 0.231. The first-order valence-corrected chi connectivity index (χ1v) is 14.9. The molecule has 4 nitrogen and oxygen atoms in total. The van der Waals surface area contributed by atoms with Gasteiger partial charge in [0.25, 0.3) is 0 Å². The molecule has 2 aliphatic carbocycles. The normalized spacial score (nSPS) is 23.7. The molecule has 0 aliphatic heterocycles. The van der Waals surface area contributed by atoms with Crippen molar-refractivity contribution in [3.05, 3.63) is 102 Å². The Morgan fingerprint density at radius 2 is 1.24 bits per heavy atom. The number of nitriles is 1. The fourth-order valence-corrected chi connectivity index (χ4v) is 7.97. The third-order valence-corrected chi connectivity index (χ3v) is 9.34. The maximum Gasteiger partial charge on any atom is 0.164 e. The summed E-state index contributed by atoms with van der Waals surface area (Å²) in [5.41, 5.74) is 5.25. The number of benzene rings is 4. The van der Waals surface area contributed by atoms with Gasteiger partial charge in [-0.1, -0.05) is 98.8 Å². The van der Waals surface area contributed by atoms with E-state index in [1.165, 1.54) is 37.7 Å². The molecule has 1 aromatic heterocycles. The number of rotatable bonds is 4. The Morgan fingerprint density at radius 3 is 1.93 bits per heavy atom. The van der Waals surface area contributed by atoms with E-state index >= 15 is 0 Å². The standard InChI is InChI=1S/C37H34N4/c1-24-18-26-19-25(2)21-37(20-24,22-26)30-16-14-28(15-17-30)35-39-34(27-8-4-3-5-9-27)40-36(41-35)33-13-7-11-31-29(23-38)10-6-12-32(31)33/h3-17,24-26H,18-22H2,1-2H3/t24-,25+,26-,37?. The Labute approximate surface area is 242 Å². The van der Waals surface area contributed by atoms with E-state index in [1.807, 2.05) is 66.7 Å². The van der Waals surface area contributed by atoms with Crippen LogP contribution in [-0.4, -0.2) is 15.0 Å². The summed E-state index contributed by atoms with van der Waals surface area (Å²) in [6, 6.07) is 33.3. The summed E-state index contributed by atoms with van der Waals surface area (Å²) < 4.78 is 0. The lowest BCUT2D eigenvalue weighted by atomic mass is 9.54. The molecule has 41 heavy (non-hydrogen) atoms. The molecule has 0 spiro atoms. The van der Waals surface area contributed by atoms with Gasteiger partial charge in [0.05, 0.1) is 11.6 Å². The molecule has 1 heterocycles. The number of hydrogen-bond acceptors (Lipinski definition) is 4. The topological polar surface area (TPSA) is 62.5 Å². The Kier molecular flexibility index (Phi) is 6.39. The van der Waals surface area contributed by atoms with E-state index in [4.69, 9.17) is 15.0 Å². The van der Waals surface area contributed by atoms with Crippen molar-refractivity contribution in [3.63, 3.8) is 0 Å². The molecule has 2 saturated carbocycles. The molecule has 4 aromatic carbocycles. The van der Waals surface area contributed by atoms with Crippen LogP contribution < -0.4 is 0 Å². The second kappa shape index (κ2) is 10.2. The third-order valence-electron chi connectivity index (χ3n) is 9.34. The summed E-state index contributed by atoms with van der Waals surface area (Å²) in [5, 5.41) is 11.6. The van der Waals surface area contributed by atoms with Crippen LogP contribution in [0.2, 0.25) is 0 Å². The molecular weight excluding hydrogens is 500 g/mol. The van der Waals surface area contributed by atoms with Crippen molar-refractivity contribution in [2.24, 2.45) is 17.8 Å². The van der Waals surface area contributed by atoms with Crippen molar-refractivity contribution in [2.45, 2.75) is 51.4 Å². The van der Waals surface area contributed by atoms with Gasteiger partial charge in [-0.2, -0.15) is 5.26 Å². The van der Waals surface area contributed by atoms with Crippen LogP contribution in [0.25, 0.3) is 44.9 Å². The van der Waals surface area contributed by atoms with E-state index in [1.54, 1.807) is 0 Å². The predicted molar refractivity (Wildman–Crippen MR) is 165 cm³/mol. The molecule has 2 fully saturated rings. The zero-order chi connectivity index (χ0) is 28.0. The summed E-state index contributed by atoms with van der Waals surface area (Å²) in [5.74, 6) is 4.33. The summed E-state index contributed by atoms with van der Waals surface area (Å²) in [6.45, 7) is 4.88. The maximum absolute atomic E-state index is 9.69. The molecule has 5 aromatic rings. The molecule has 0 radical (unpaired) electrons. The van der Waals surface area contributed by atoms with Crippen molar-refractivity contribution < 1.29 is 0 Å². The molecule has 0 saturated heterocycles. The Morgan fingerprint density at radius 1 is 0.634 bits per heavy atom. The first kappa shape index (κ1) is 25.6. The van der Waals surface area contributed by atoms with E-state index < -0.39 is 0 Å². The van der Waals surface area contributed by atoms with E-state index in [0.29, 0.717) is 28.5 Å². The highest BCUT2D eigenvalue weighted by molar-refractivity contribution is 5.98.